The van der Waals surface area contributed by atoms with E-state index in [2.05, 4.69) is 9.97 Å². The molecule has 26 heavy (non-hydrogen) atoms. The van der Waals surface area contributed by atoms with Crippen molar-refractivity contribution in [1.29, 1.82) is 0 Å². The Hall–Kier alpha value is -2.12. The summed E-state index contributed by atoms with van der Waals surface area (Å²) in [7, 11) is 3.08. The molecule has 0 aliphatic heterocycles. The van der Waals surface area contributed by atoms with Gasteiger partial charge in [0.05, 0.1) is 0 Å². The van der Waals surface area contributed by atoms with E-state index in [0.29, 0.717) is 32.7 Å². The van der Waals surface area contributed by atoms with Crippen LogP contribution >= 0.6 is 23.4 Å². The molecule has 6 nitrogen and oxygen atoms in total. The zero-order valence-electron chi connectivity index (χ0n) is 15.0. The Bertz CT molecular complexity index is 1100. The minimum absolute atomic E-state index is 0.0732. The van der Waals surface area contributed by atoms with Gasteiger partial charge in [-0.15, -0.1) is 11.8 Å². The summed E-state index contributed by atoms with van der Waals surface area (Å²) in [5.41, 5.74) is 0.612. The first-order chi connectivity index (χ1) is 12.3. The second-order valence-corrected chi connectivity index (χ2v) is 7.77. The second-order valence-electron chi connectivity index (χ2n) is 6.36. The van der Waals surface area contributed by atoms with Gasteiger partial charge in [-0.2, -0.15) is 0 Å². The smallest absolute Gasteiger partial charge is 0.280 e. The molecule has 136 valence electrons. The standard InChI is InChI=1S/C18H19ClN4O2S/c1-10(2)14-20-15-13(17(24)23(4)18(25)22(15)3)16(21-14)26-9-11-6-5-7-12(19)8-11/h5-8,10H,9H2,1-4H3. The van der Waals surface area contributed by atoms with Crippen molar-refractivity contribution in [3.63, 3.8) is 0 Å². The van der Waals surface area contributed by atoms with Crippen LogP contribution in [0.5, 0.6) is 0 Å². The molecule has 0 saturated heterocycles. The number of fused-ring (bicyclic) bond motifs is 1. The van der Waals surface area contributed by atoms with Gasteiger partial charge in [-0.1, -0.05) is 37.6 Å². The number of benzene rings is 1. The van der Waals surface area contributed by atoms with E-state index in [4.69, 9.17) is 11.6 Å². The lowest BCUT2D eigenvalue weighted by Gasteiger charge is -2.13. The van der Waals surface area contributed by atoms with Crippen molar-refractivity contribution in [1.82, 2.24) is 19.1 Å². The van der Waals surface area contributed by atoms with Crippen LogP contribution in [0, 0.1) is 0 Å². The van der Waals surface area contributed by atoms with Crippen LogP contribution in [-0.4, -0.2) is 19.1 Å². The maximum absolute atomic E-state index is 12.7. The lowest BCUT2D eigenvalue weighted by molar-refractivity contribution is 0.689. The van der Waals surface area contributed by atoms with E-state index in [9.17, 15) is 9.59 Å². The monoisotopic (exact) mass is 390 g/mol. The predicted octanol–water partition coefficient (Wildman–Crippen LogP) is 3.10. The molecular weight excluding hydrogens is 372 g/mol. The van der Waals surface area contributed by atoms with Crippen LogP contribution in [0.25, 0.3) is 11.0 Å². The molecule has 0 radical (unpaired) electrons. The molecule has 0 atom stereocenters. The molecule has 0 spiro atoms. The van der Waals surface area contributed by atoms with E-state index in [1.54, 1.807) is 7.05 Å². The molecule has 3 aromatic rings. The van der Waals surface area contributed by atoms with Crippen molar-refractivity contribution >= 4 is 34.4 Å². The largest absolute Gasteiger partial charge is 0.332 e. The SMILES string of the molecule is CC(C)c1nc(SCc2cccc(Cl)c2)c2c(=O)n(C)c(=O)n(C)c2n1. The summed E-state index contributed by atoms with van der Waals surface area (Å²) in [5, 5.41) is 1.61. The second kappa shape index (κ2) is 7.25. The van der Waals surface area contributed by atoms with Gasteiger partial charge in [-0.25, -0.2) is 14.8 Å². The lowest BCUT2D eigenvalue weighted by atomic mass is 10.2. The molecule has 2 heterocycles. The Morgan fingerprint density at radius 2 is 1.88 bits per heavy atom. The minimum atomic E-state index is -0.401. The third kappa shape index (κ3) is 3.41. The number of thioether (sulfide) groups is 1. The van der Waals surface area contributed by atoms with Gasteiger partial charge in [0.15, 0.2) is 5.65 Å². The van der Waals surface area contributed by atoms with Gasteiger partial charge in [0.2, 0.25) is 0 Å². The highest BCUT2D eigenvalue weighted by Gasteiger charge is 2.18. The maximum Gasteiger partial charge on any atom is 0.332 e. The summed E-state index contributed by atoms with van der Waals surface area (Å²) < 4.78 is 2.48. The highest BCUT2D eigenvalue weighted by Crippen LogP contribution is 2.28. The number of aromatic nitrogens is 4. The van der Waals surface area contributed by atoms with Crippen LogP contribution in [0.2, 0.25) is 5.02 Å². The zero-order valence-corrected chi connectivity index (χ0v) is 16.6. The first kappa shape index (κ1) is 18.7. The van der Waals surface area contributed by atoms with E-state index >= 15 is 0 Å². The quantitative estimate of drug-likeness (QED) is 0.505. The minimum Gasteiger partial charge on any atom is -0.280 e. The van der Waals surface area contributed by atoms with Crippen LogP contribution in [0.4, 0.5) is 0 Å². The number of hydrogen-bond acceptors (Lipinski definition) is 5. The third-order valence-corrected chi connectivity index (χ3v) is 5.35. The summed E-state index contributed by atoms with van der Waals surface area (Å²) >= 11 is 7.49. The van der Waals surface area contributed by atoms with Gasteiger partial charge in [0.25, 0.3) is 5.56 Å². The summed E-state index contributed by atoms with van der Waals surface area (Å²) in [6.45, 7) is 3.96. The first-order valence-electron chi connectivity index (χ1n) is 8.14. The summed E-state index contributed by atoms with van der Waals surface area (Å²) in [6, 6.07) is 7.56. The lowest BCUT2D eigenvalue weighted by Crippen LogP contribution is -2.37. The van der Waals surface area contributed by atoms with E-state index in [0.717, 1.165) is 10.1 Å². The Morgan fingerprint density at radius 3 is 2.54 bits per heavy atom. The molecule has 0 unspecified atom stereocenters. The Kier molecular flexibility index (Phi) is 5.20. The summed E-state index contributed by atoms with van der Waals surface area (Å²) in [5.74, 6) is 1.29. The van der Waals surface area contributed by atoms with Gasteiger partial charge >= 0.3 is 5.69 Å². The molecular formula is C18H19ClN4O2S. The average Bonchev–Trinajstić information content (AvgIpc) is 2.62. The van der Waals surface area contributed by atoms with Crippen molar-refractivity contribution in [2.45, 2.75) is 30.5 Å². The van der Waals surface area contributed by atoms with E-state index in [-0.39, 0.29) is 11.5 Å². The van der Waals surface area contributed by atoms with Gasteiger partial charge in [-0.05, 0) is 17.7 Å². The number of hydrogen-bond donors (Lipinski definition) is 0. The molecule has 0 saturated carbocycles. The van der Waals surface area contributed by atoms with Crippen LogP contribution < -0.4 is 11.2 Å². The fraction of sp³-hybridized carbons (Fsp3) is 0.333. The maximum atomic E-state index is 12.7. The van der Waals surface area contributed by atoms with Crippen molar-refractivity contribution in [3.05, 3.63) is 61.5 Å². The van der Waals surface area contributed by atoms with Gasteiger partial charge in [0.1, 0.15) is 16.2 Å². The van der Waals surface area contributed by atoms with Crippen LogP contribution in [0.3, 0.4) is 0 Å². The van der Waals surface area contributed by atoms with Crippen molar-refractivity contribution in [3.8, 4) is 0 Å². The molecule has 0 fully saturated rings. The molecule has 0 aliphatic carbocycles. The third-order valence-electron chi connectivity index (χ3n) is 4.07. The number of rotatable bonds is 4. The molecule has 8 heteroatoms. The predicted molar refractivity (Wildman–Crippen MR) is 105 cm³/mol. The van der Waals surface area contributed by atoms with Crippen molar-refractivity contribution in [2.75, 3.05) is 0 Å². The highest BCUT2D eigenvalue weighted by molar-refractivity contribution is 7.98. The molecule has 0 aliphatic rings. The molecule has 3 rings (SSSR count). The van der Waals surface area contributed by atoms with E-state index in [1.807, 2.05) is 38.1 Å². The van der Waals surface area contributed by atoms with Gasteiger partial charge in [-0.3, -0.25) is 13.9 Å². The van der Waals surface area contributed by atoms with Crippen LogP contribution in [0.1, 0.15) is 31.2 Å². The Morgan fingerprint density at radius 1 is 1.15 bits per heavy atom. The van der Waals surface area contributed by atoms with Crippen LogP contribution in [-0.2, 0) is 19.8 Å². The Labute approximate surface area is 159 Å². The first-order valence-corrected chi connectivity index (χ1v) is 9.51. The fourth-order valence-electron chi connectivity index (χ4n) is 2.59. The van der Waals surface area contributed by atoms with E-state index in [1.165, 1.54) is 23.4 Å². The Balaban J connectivity index is 2.19. The van der Waals surface area contributed by atoms with Gasteiger partial charge in [0, 0.05) is 30.8 Å². The number of halogens is 1. The van der Waals surface area contributed by atoms with Crippen molar-refractivity contribution < 1.29 is 0 Å². The van der Waals surface area contributed by atoms with E-state index < -0.39 is 5.69 Å². The molecule has 1 aromatic carbocycles. The van der Waals surface area contributed by atoms with Gasteiger partial charge < -0.3 is 0 Å². The van der Waals surface area contributed by atoms with Crippen LogP contribution in [0.15, 0.2) is 38.9 Å². The average molecular weight is 391 g/mol. The number of nitrogens with zero attached hydrogens (tertiary/aromatic N) is 4. The molecule has 0 bridgehead atoms. The number of aryl methyl sites for hydroxylation is 1. The molecule has 0 amide bonds. The fourth-order valence-corrected chi connectivity index (χ4v) is 3.76. The van der Waals surface area contributed by atoms with Crippen molar-refractivity contribution in [2.24, 2.45) is 14.1 Å². The normalized spacial score (nSPS) is 11.5. The topological polar surface area (TPSA) is 69.8 Å². The molecule has 0 N–H and O–H groups in total. The zero-order chi connectivity index (χ0) is 19.0. The summed E-state index contributed by atoms with van der Waals surface area (Å²) in [4.78, 5) is 34.0. The molecule has 2 aromatic heterocycles. The summed E-state index contributed by atoms with van der Waals surface area (Å²) in [6.07, 6.45) is 0. The highest BCUT2D eigenvalue weighted by atomic mass is 35.5.